The molecular formula is C24H50Al+. The van der Waals surface area contributed by atoms with E-state index in [0.29, 0.717) is 0 Å². The second kappa shape index (κ2) is 24.5. The van der Waals surface area contributed by atoms with Crippen LogP contribution >= 0.6 is 0 Å². The van der Waals surface area contributed by atoms with Crippen molar-refractivity contribution in [2.75, 3.05) is 0 Å². The monoisotopic (exact) mass is 365 g/mol. The van der Waals surface area contributed by atoms with Crippen molar-refractivity contribution in [2.24, 2.45) is 0 Å². The van der Waals surface area contributed by atoms with Crippen molar-refractivity contribution in [3.63, 3.8) is 0 Å². The molecule has 0 aliphatic rings. The molecule has 25 heavy (non-hydrogen) atoms. The number of rotatable bonds is 22. The van der Waals surface area contributed by atoms with Crippen LogP contribution in [0.1, 0.15) is 142 Å². The molecule has 0 heterocycles. The summed E-state index contributed by atoms with van der Waals surface area (Å²) < 4.78 is 0. The first-order valence-electron chi connectivity index (χ1n) is 12.2. The Labute approximate surface area is 168 Å². The van der Waals surface area contributed by atoms with Gasteiger partial charge in [0.15, 0.2) is 0 Å². The van der Waals surface area contributed by atoms with E-state index in [9.17, 15) is 0 Å². The molecule has 0 N–H and O–H groups in total. The van der Waals surface area contributed by atoms with Crippen molar-refractivity contribution in [2.45, 2.75) is 153 Å². The molecule has 0 aromatic rings. The Bertz CT molecular complexity index is 192. The summed E-state index contributed by atoms with van der Waals surface area (Å²) in [6.45, 7) is 4.61. The van der Waals surface area contributed by atoms with Crippen molar-refractivity contribution >= 4 is 15.2 Å². The van der Waals surface area contributed by atoms with Gasteiger partial charge in [0.2, 0.25) is 0 Å². The topological polar surface area (TPSA) is 0 Å². The van der Waals surface area contributed by atoms with Gasteiger partial charge in [0.25, 0.3) is 0 Å². The zero-order valence-corrected chi connectivity index (χ0v) is 19.3. The second-order valence-corrected chi connectivity index (χ2v) is 9.96. The first-order valence-corrected chi connectivity index (χ1v) is 13.9. The van der Waals surface area contributed by atoms with Gasteiger partial charge in [-0.1, -0.05) is 0 Å². The van der Waals surface area contributed by atoms with Crippen molar-refractivity contribution in [3.8, 4) is 0 Å². The van der Waals surface area contributed by atoms with E-state index >= 15 is 0 Å². The summed E-state index contributed by atoms with van der Waals surface area (Å²) in [4.78, 5) is 0. The van der Waals surface area contributed by atoms with Crippen LogP contribution in [0.2, 0.25) is 10.6 Å². The van der Waals surface area contributed by atoms with Crippen LogP contribution in [0.15, 0.2) is 0 Å². The van der Waals surface area contributed by atoms with Crippen LogP contribution in [-0.2, 0) is 0 Å². The summed E-state index contributed by atoms with van der Waals surface area (Å²) in [5.41, 5.74) is 0. The maximum atomic E-state index is 2.30. The van der Waals surface area contributed by atoms with Gasteiger partial charge in [-0.3, -0.25) is 0 Å². The molecule has 0 radical (unpaired) electrons. The van der Waals surface area contributed by atoms with Gasteiger partial charge in [-0.05, 0) is 0 Å². The van der Waals surface area contributed by atoms with Crippen LogP contribution in [0.3, 0.4) is 0 Å². The summed E-state index contributed by atoms with van der Waals surface area (Å²) in [6.07, 6.45) is 29.6. The Morgan fingerprint density at radius 1 is 0.320 bits per heavy atom. The minimum absolute atomic E-state index is 0.780. The quantitative estimate of drug-likeness (QED) is 0.132. The van der Waals surface area contributed by atoms with Crippen LogP contribution < -0.4 is 0 Å². The summed E-state index contributed by atoms with van der Waals surface area (Å²) in [6, 6.07) is 0. The van der Waals surface area contributed by atoms with E-state index in [2.05, 4.69) is 13.8 Å². The molecule has 1 heteroatoms. The zero-order valence-electron chi connectivity index (χ0n) is 18.1. The molecule has 0 aromatic heterocycles. The van der Waals surface area contributed by atoms with Crippen LogP contribution in [0.4, 0.5) is 0 Å². The number of hydrogen-bond donors (Lipinski definition) is 0. The Kier molecular flexibility index (Phi) is 25.1. The van der Waals surface area contributed by atoms with Gasteiger partial charge in [0, 0.05) is 0 Å². The van der Waals surface area contributed by atoms with Crippen LogP contribution in [-0.4, -0.2) is 15.2 Å². The summed E-state index contributed by atoms with van der Waals surface area (Å²) in [5.74, 6) is 0. The second-order valence-electron chi connectivity index (χ2n) is 8.23. The molecule has 0 nitrogen and oxygen atoms in total. The third-order valence-electron chi connectivity index (χ3n) is 5.52. The first kappa shape index (κ1) is 25.5. The molecule has 0 aliphatic heterocycles. The predicted molar refractivity (Wildman–Crippen MR) is 119 cm³/mol. The van der Waals surface area contributed by atoms with Gasteiger partial charge < -0.3 is 0 Å². The summed E-state index contributed by atoms with van der Waals surface area (Å²) in [5, 5.41) is 3.15. The van der Waals surface area contributed by atoms with Crippen LogP contribution in [0.25, 0.3) is 0 Å². The van der Waals surface area contributed by atoms with E-state index in [-0.39, 0.29) is 0 Å². The minimum atomic E-state index is 0.780. The Morgan fingerprint density at radius 2 is 0.560 bits per heavy atom. The average Bonchev–Trinajstić information content (AvgIpc) is 2.63. The molecule has 0 bridgehead atoms. The SMILES string of the molecule is CCCCCCCCCCC[CH2][Al+][CH2]CCCCCCCCCCC. The number of hydrogen-bond acceptors (Lipinski definition) is 0. The van der Waals surface area contributed by atoms with Gasteiger partial charge in [-0.15, -0.1) is 0 Å². The molecule has 0 fully saturated rings. The molecule has 0 atom stereocenters. The summed E-state index contributed by atoms with van der Waals surface area (Å²) in [7, 11) is 0. The average molecular weight is 366 g/mol. The maximum absolute atomic E-state index is 2.30. The van der Waals surface area contributed by atoms with Crippen molar-refractivity contribution in [1.29, 1.82) is 0 Å². The van der Waals surface area contributed by atoms with E-state index in [0.717, 1.165) is 15.2 Å². The molecule has 0 unspecified atom stereocenters. The molecule has 0 amide bonds. The molecule has 0 aliphatic carbocycles. The van der Waals surface area contributed by atoms with E-state index < -0.39 is 0 Å². The van der Waals surface area contributed by atoms with Gasteiger partial charge >= 0.3 is 168 Å². The molecule has 0 aromatic carbocycles. The van der Waals surface area contributed by atoms with Crippen molar-refractivity contribution in [1.82, 2.24) is 0 Å². The standard InChI is InChI=1S/2C12H25.Al/c2*1-3-5-7-9-11-12-10-8-6-4-2;/h2*1,3-12H2,2H3;/q;;+1. The zero-order chi connectivity index (χ0) is 18.3. The van der Waals surface area contributed by atoms with Gasteiger partial charge in [-0.2, -0.15) is 0 Å². The van der Waals surface area contributed by atoms with Gasteiger partial charge in [-0.25, -0.2) is 0 Å². The number of unbranched alkanes of at least 4 members (excludes halogenated alkanes) is 18. The van der Waals surface area contributed by atoms with E-state index in [4.69, 9.17) is 0 Å². The van der Waals surface area contributed by atoms with Crippen LogP contribution in [0.5, 0.6) is 0 Å². The molecule has 148 valence electrons. The molecular weight excluding hydrogens is 315 g/mol. The van der Waals surface area contributed by atoms with Crippen molar-refractivity contribution in [3.05, 3.63) is 0 Å². The van der Waals surface area contributed by atoms with Crippen molar-refractivity contribution < 1.29 is 0 Å². The van der Waals surface area contributed by atoms with E-state index in [1.54, 1.807) is 10.6 Å². The normalized spacial score (nSPS) is 11.0. The van der Waals surface area contributed by atoms with E-state index in [1.807, 2.05) is 0 Å². The fourth-order valence-electron chi connectivity index (χ4n) is 3.70. The molecule has 0 saturated heterocycles. The third kappa shape index (κ3) is 24.5. The Balaban J connectivity index is 2.94. The van der Waals surface area contributed by atoms with Gasteiger partial charge in [0.05, 0.1) is 0 Å². The van der Waals surface area contributed by atoms with Gasteiger partial charge in [0.1, 0.15) is 0 Å². The Morgan fingerprint density at radius 3 is 0.840 bits per heavy atom. The van der Waals surface area contributed by atoms with E-state index in [1.165, 1.54) is 128 Å². The first-order chi connectivity index (χ1) is 12.4. The molecule has 0 rings (SSSR count). The fourth-order valence-corrected chi connectivity index (χ4v) is 5.14. The Hall–Kier alpha value is 0.532. The fraction of sp³-hybridized carbons (Fsp3) is 1.00. The summed E-state index contributed by atoms with van der Waals surface area (Å²) >= 11 is 0.780. The third-order valence-corrected chi connectivity index (χ3v) is 7.16. The molecule has 0 spiro atoms. The molecule has 0 saturated carbocycles. The van der Waals surface area contributed by atoms with Crippen LogP contribution in [0, 0.1) is 0 Å². The predicted octanol–water partition coefficient (Wildman–Crippen LogP) is 9.37.